The molecule has 1 aromatic heterocycles. The molecule has 3 rings (SSSR count). The highest BCUT2D eigenvalue weighted by Crippen LogP contribution is 2.35. The summed E-state index contributed by atoms with van der Waals surface area (Å²) in [6.45, 7) is 2.45. The lowest BCUT2D eigenvalue weighted by molar-refractivity contribution is -0.144. The molecule has 0 aliphatic carbocycles. The highest BCUT2D eigenvalue weighted by Gasteiger charge is 2.33. The van der Waals surface area contributed by atoms with Gasteiger partial charge in [-0.2, -0.15) is 0 Å². The molecular formula is C14H13ClN2O3. The normalized spacial score (nSPS) is 16.8. The minimum absolute atomic E-state index is 0.249. The molecule has 0 amide bonds. The lowest BCUT2D eigenvalue weighted by Crippen LogP contribution is -2.17. The first-order valence-corrected chi connectivity index (χ1v) is 6.75. The summed E-state index contributed by atoms with van der Waals surface area (Å²) < 4.78 is 5.08. The highest BCUT2D eigenvalue weighted by atomic mass is 35.5. The number of H-pyrrole nitrogens is 1. The SMILES string of the molecule is CCOC(=O)C1CNc2c1c1ccc(Cl)cc1[nH]c2=O. The molecule has 0 saturated carbocycles. The van der Waals surface area contributed by atoms with Crippen molar-refractivity contribution in [1.29, 1.82) is 0 Å². The van der Waals surface area contributed by atoms with E-state index in [1.807, 2.05) is 6.07 Å². The second-order valence-corrected chi connectivity index (χ2v) is 5.05. The van der Waals surface area contributed by atoms with E-state index in [1.54, 1.807) is 19.1 Å². The Morgan fingerprint density at radius 3 is 3.05 bits per heavy atom. The summed E-state index contributed by atoms with van der Waals surface area (Å²) in [6, 6.07) is 5.23. The van der Waals surface area contributed by atoms with Gasteiger partial charge in [0.25, 0.3) is 5.56 Å². The standard InChI is InChI=1S/C14H13ClN2O3/c1-2-20-14(19)9-6-16-12-11(9)8-4-3-7(15)5-10(8)17-13(12)18/h3-5,9,16H,2,6H2,1H3,(H,17,18). The van der Waals surface area contributed by atoms with Crippen LogP contribution in [0.15, 0.2) is 23.0 Å². The molecule has 1 aromatic carbocycles. The van der Waals surface area contributed by atoms with Crippen LogP contribution in [-0.2, 0) is 9.53 Å². The first-order valence-electron chi connectivity index (χ1n) is 6.37. The predicted molar refractivity (Wildman–Crippen MR) is 77.4 cm³/mol. The zero-order valence-electron chi connectivity index (χ0n) is 10.8. The van der Waals surface area contributed by atoms with E-state index >= 15 is 0 Å². The summed E-state index contributed by atoms with van der Waals surface area (Å²) in [5, 5.41) is 4.33. The quantitative estimate of drug-likeness (QED) is 0.833. The molecule has 1 unspecified atom stereocenters. The maximum atomic E-state index is 12.0. The number of pyridine rings is 1. The number of benzene rings is 1. The Kier molecular flexibility index (Phi) is 3.14. The topological polar surface area (TPSA) is 71.2 Å². The Morgan fingerprint density at radius 2 is 2.30 bits per heavy atom. The zero-order valence-corrected chi connectivity index (χ0v) is 11.6. The van der Waals surface area contributed by atoms with Crippen molar-refractivity contribution in [3.63, 3.8) is 0 Å². The molecule has 0 bridgehead atoms. The molecule has 0 saturated heterocycles. The van der Waals surface area contributed by atoms with Crippen LogP contribution >= 0.6 is 11.6 Å². The van der Waals surface area contributed by atoms with Crippen molar-refractivity contribution in [2.24, 2.45) is 0 Å². The summed E-state index contributed by atoms with van der Waals surface area (Å²) in [6.07, 6.45) is 0. The fourth-order valence-corrected chi connectivity index (χ4v) is 2.76. The molecule has 0 fully saturated rings. The minimum Gasteiger partial charge on any atom is -0.465 e. The predicted octanol–water partition coefficient (Wildman–Crippen LogP) is 2.25. The average Bonchev–Trinajstić information content (AvgIpc) is 2.84. The number of anilines is 1. The minimum atomic E-state index is -0.462. The van der Waals surface area contributed by atoms with Crippen LogP contribution in [0.4, 0.5) is 5.69 Å². The molecule has 0 radical (unpaired) electrons. The number of rotatable bonds is 2. The van der Waals surface area contributed by atoms with Gasteiger partial charge in [-0.3, -0.25) is 9.59 Å². The molecule has 2 heterocycles. The number of aromatic amines is 1. The van der Waals surface area contributed by atoms with Gasteiger partial charge in [-0.15, -0.1) is 0 Å². The van der Waals surface area contributed by atoms with Crippen molar-refractivity contribution in [2.75, 3.05) is 18.5 Å². The summed E-state index contributed by atoms with van der Waals surface area (Å²) in [5.74, 6) is -0.781. The van der Waals surface area contributed by atoms with Crippen LogP contribution in [0.25, 0.3) is 10.9 Å². The molecule has 2 aromatic rings. The van der Waals surface area contributed by atoms with Crippen LogP contribution in [0, 0.1) is 0 Å². The third-order valence-electron chi connectivity index (χ3n) is 3.42. The van der Waals surface area contributed by atoms with Gasteiger partial charge < -0.3 is 15.0 Å². The number of ether oxygens (including phenoxy) is 1. The molecule has 1 aliphatic heterocycles. The van der Waals surface area contributed by atoms with Crippen molar-refractivity contribution in [2.45, 2.75) is 12.8 Å². The number of carbonyl (C=O) groups excluding carboxylic acids is 1. The van der Waals surface area contributed by atoms with E-state index in [-0.39, 0.29) is 11.5 Å². The summed E-state index contributed by atoms with van der Waals surface area (Å²) in [5.41, 5.74) is 1.51. The molecule has 1 atom stereocenters. The van der Waals surface area contributed by atoms with Gasteiger partial charge in [-0.05, 0) is 19.1 Å². The number of aromatic nitrogens is 1. The fraction of sp³-hybridized carbons (Fsp3) is 0.286. The number of hydrogen-bond acceptors (Lipinski definition) is 4. The Morgan fingerprint density at radius 1 is 1.50 bits per heavy atom. The van der Waals surface area contributed by atoms with Crippen LogP contribution in [-0.4, -0.2) is 24.1 Å². The van der Waals surface area contributed by atoms with E-state index in [4.69, 9.17) is 16.3 Å². The Hall–Kier alpha value is -2.01. The maximum absolute atomic E-state index is 12.0. The van der Waals surface area contributed by atoms with Crippen LogP contribution in [0.1, 0.15) is 18.4 Å². The lowest BCUT2D eigenvalue weighted by Gasteiger charge is -2.11. The molecule has 104 valence electrons. The van der Waals surface area contributed by atoms with E-state index in [0.717, 1.165) is 5.39 Å². The molecule has 6 heteroatoms. The van der Waals surface area contributed by atoms with Gasteiger partial charge in [0.1, 0.15) is 11.6 Å². The van der Waals surface area contributed by atoms with E-state index < -0.39 is 5.92 Å². The fourth-order valence-electron chi connectivity index (χ4n) is 2.58. The van der Waals surface area contributed by atoms with Gasteiger partial charge in [0, 0.05) is 22.5 Å². The first-order chi connectivity index (χ1) is 9.61. The van der Waals surface area contributed by atoms with Gasteiger partial charge >= 0.3 is 5.97 Å². The number of nitrogens with one attached hydrogen (secondary N) is 2. The van der Waals surface area contributed by atoms with Crippen molar-refractivity contribution in [3.8, 4) is 0 Å². The second-order valence-electron chi connectivity index (χ2n) is 4.62. The molecular weight excluding hydrogens is 280 g/mol. The smallest absolute Gasteiger partial charge is 0.315 e. The Labute approximate surface area is 119 Å². The Bertz CT molecular complexity index is 754. The third-order valence-corrected chi connectivity index (χ3v) is 3.65. The number of halogens is 1. The molecule has 0 spiro atoms. The van der Waals surface area contributed by atoms with E-state index in [2.05, 4.69) is 10.3 Å². The second kappa shape index (κ2) is 4.83. The molecule has 5 nitrogen and oxygen atoms in total. The molecule has 2 N–H and O–H groups in total. The largest absolute Gasteiger partial charge is 0.465 e. The van der Waals surface area contributed by atoms with E-state index in [9.17, 15) is 9.59 Å². The van der Waals surface area contributed by atoms with E-state index in [0.29, 0.717) is 34.9 Å². The van der Waals surface area contributed by atoms with Gasteiger partial charge in [-0.25, -0.2) is 0 Å². The van der Waals surface area contributed by atoms with Gasteiger partial charge in [0.05, 0.1) is 12.1 Å². The lowest BCUT2D eigenvalue weighted by atomic mass is 9.97. The third kappa shape index (κ3) is 1.94. The molecule has 1 aliphatic rings. The number of fused-ring (bicyclic) bond motifs is 3. The summed E-state index contributed by atoms with van der Waals surface area (Å²) in [7, 11) is 0. The number of esters is 1. The van der Waals surface area contributed by atoms with Crippen LogP contribution in [0.3, 0.4) is 0 Å². The van der Waals surface area contributed by atoms with Crippen molar-refractivity contribution < 1.29 is 9.53 Å². The van der Waals surface area contributed by atoms with E-state index in [1.165, 1.54) is 0 Å². The van der Waals surface area contributed by atoms with Crippen molar-refractivity contribution in [3.05, 3.63) is 39.1 Å². The maximum Gasteiger partial charge on any atom is 0.315 e. The zero-order chi connectivity index (χ0) is 14.3. The van der Waals surface area contributed by atoms with Crippen LogP contribution in [0.2, 0.25) is 5.02 Å². The van der Waals surface area contributed by atoms with Gasteiger partial charge in [-0.1, -0.05) is 17.7 Å². The number of hydrogen-bond donors (Lipinski definition) is 2. The monoisotopic (exact) mass is 292 g/mol. The van der Waals surface area contributed by atoms with Crippen LogP contribution < -0.4 is 10.9 Å². The van der Waals surface area contributed by atoms with Crippen LogP contribution in [0.5, 0.6) is 0 Å². The summed E-state index contributed by atoms with van der Waals surface area (Å²) in [4.78, 5) is 26.8. The van der Waals surface area contributed by atoms with Gasteiger partial charge in [0.2, 0.25) is 0 Å². The molecule has 20 heavy (non-hydrogen) atoms. The van der Waals surface area contributed by atoms with Crippen molar-refractivity contribution >= 4 is 34.2 Å². The first kappa shape index (κ1) is 13.0. The highest BCUT2D eigenvalue weighted by molar-refractivity contribution is 6.31. The average molecular weight is 293 g/mol. The Balaban J connectivity index is 2.24. The van der Waals surface area contributed by atoms with Crippen molar-refractivity contribution in [1.82, 2.24) is 4.98 Å². The number of carbonyl (C=O) groups is 1. The summed E-state index contributed by atoms with van der Waals surface area (Å²) >= 11 is 5.94. The van der Waals surface area contributed by atoms with Gasteiger partial charge in [0.15, 0.2) is 0 Å².